The summed E-state index contributed by atoms with van der Waals surface area (Å²) < 4.78 is 33.6. The fraction of sp³-hybridized carbons (Fsp3) is 0.333. The van der Waals surface area contributed by atoms with Crippen LogP contribution in [-0.2, 0) is 32.5 Å². The molecule has 1 aliphatic heterocycles. The lowest BCUT2D eigenvalue weighted by Crippen LogP contribution is -2.24. The molecule has 1 aliphatic rings. The molecule has 4 N–H and O–H groups in total. The van der Waals surface area contributed by atoms with Gasteiger partial charge >= 0.3 is 0 Å². The van der Waals surface area contributed by atoms with E-state index in [9.17, 15) is 13.2 Å². The van der Waals surface area contributed by atoms with E-state index < -0.39 is 10.0 Å². The number of benzene rings is 2. The molecule has 0 spiro atoms. The Kier molecular flexibility index (Phi) is 8.72. The summed E-state index contributed by atoms with van der Waals surface area (Å²) in [5.74, 6) is -0.0431. The molecule has 2 aromatic carbocycles. The first kappa shape index (κ1) is 27.8. The molecule has 9 nitrogen and oxygen atoms in total. The van der Waals surface area contributed by atoms with E-state index in [1.165, 1.54) is 17.5 Å². The number of anilines is 1. The van der Waals surface area contributed by atoms with E-state index >= 15 is 0 Å². The number of thiazole rings is 1. The van der Waals surface area contributed by atoms with Crippen LogP contribution >= 0.6 is 22.7 Å². The second-order valence-corrected chi connectivity index (χ2v) is 13.1. The molecule has 0 saturated heterocycles. The zero-order valence-electron chi connectivity index (χ0n) is 21.8. The first-order chi connectivity index (χ1) is 18.9. The first-order valence-electron chi connectivity index (χ1n) is 12.7. The number of rotatable bonds is 11. The fourth-order valence-corrected chi connectivity index (χ4v) is 7.92. The SMILES string of the molecule is CNS(=O)(=O)c1ccccc1-c1ccc2nc(-c3c(NC(=O)CCNCCOC)sc4c3CCNC4)sc2c1. The van der Waals surface area contributed by atoms with Gasteiger partial charge in [0.1, 0.15) is 10.0 Å². The quantitative estimate of drug-likeness (QED) is 0.198. The Balaban J connectivity index is 1.48. The number of hydrogen-bond donors (Lipinski definition) is 4. The van der Waals surface area contributed by atoms with E-state index in [4.69, 9.17) is 9.72 Å². The van der Waals surface area contributed by atoms with Crippen LogP contribution in [0.1, 0.15) is 16.9 Å². The summed E-state index contributed by atoms with van der Waals surface area (Å²) in [4.78, 5) is 19.2. The average molecular weight is 586 g/mol. The summed E-state index contributed by atoms with van der Waals surface area (Å²) in [5, 5.41) is 11.5. The van der Waals surface area contributed by atoms with Crippen LogP contribution < -0.4 is 20.7 Å². The van der Waals surface area contributed by atoms with Crippen LogP contribution in [0.4, 0.5) is 5.00 Å². The lowest BCUT2D eigenvalue weighted by Gasteiger charge is -2.13. The highest BCUT2D eigenvalue weighted by Gasteiger charge is 2.25. The molecule has 5 rings (SSSR count). The molecule has 39 heavy (non-hydrogen) atoms. The van der Waals surface area contributed by atoms with E-state index in [1.54, 1.807) is 41.9 Å². The average Bonchev–Trinajstić information content (AvgIpc) is 3.53. The predicted molar refractivity (Wildman–Crippen MR) is 158 cm³/mol. The van der Waals surface area contributed by atoms with Crippen molar-refractivity contribution in [2.24, 2.45) is 0 Å². The molecule has 0 bridgehead atoms. The third-order valence-corrected chi connectivity index (χ3v) is 10.2. The van der Waals surface area contributed by atoms with E-state index in [2.05, 4.69) is 20.7 Å². The van der Waals surface area contributed by atoms with Crippen molar-refractivity contribution in [1.29, 1.82) is 0 Å². The maximum atomic E-state index is 12.8. The maximum absolute atomic E-state index is 12.8. The number of nitrogens with zero attached hydrogens (tertiary/aromatic N) is 1. The Labute approximate surface area is 236 Å². The maximum Gasteiger partial charge on any atom is 0.240 e. The van der Waals surface area contributed by atoms with Crippen molar-refractivity contribution in [1.82, 2.24) is 20.3 Å². The van der Waals surface area contributed by atoms with Crippen molar-refractivity contribution in [2.75, 3.05) is 45.7 Å². The largest absolute Gasteiger partial charge is 0.383 e. The Morgan fingerprint density at radius 1 is 1.15 bits per heavy atom. The van der Waals surface area contributed by atoms with Gasteiger partial charge in [-0.2, -0.15) is 0 Å². The van der Waals surface area contributed by atoms with Crippen LogP contribution in [0, 0.1) is 0 Å². The molecule has 0 saturated carbocycles. The lowest BCUT2D eigenvalue weighted by atomic mass is 10.0. The second kappa shape index (κ2) is 12.2. The molecule has 206 valence electrons. The summed E-state index contributed by atoms with van der Waals surface area (Å²) >= 11 is 3.16. The molecule has 0 unspecified atom stereocenters. The third-order valence-electron chi connectivity index (χ3n) is 6.55. The van der Waals surface area contributed by atoms with Gasteiger partial charge in [0.15, 0.2) is 0 Å². The first-order valence-corrected chi connectivity index (χ1v) is 15.8. The highest BCUT2D eigenvalue weighted by molar-refractivity contribution is 7.89. The number of ether oxygens (including phenoxy) is 1. The van der Waals surface area contributed by atoms with Gasteiger partial charge in [0.25, 0.3) is 0 Å². The molecule has 1 amide bonds. The number of carbonyl (C=O) groups is 1. The Morgan fingerprint density at radius 3 is 2.82 bits per heavy atom. The van der Waals surface area contributed by atoms with E-state index in [0.29, 0.717) is 31.7 Å². The van der Waals surface area contributed by atoms with Gasteiger partial charge in [0.2, 0.25) is 15.9 Å². The number of sulfonamides is 1. The summed E-state index contributed by atoms with van der Waals surface area (Å²) in [7, 11) is -0.552. The molecular formula is C27H31N5O4S3. The van der Waals surface area contributed by atoms with Gasteiger partial charge in [-0.1, -0.05) is 24.3 Å². The molecular weight excluding hydrogens is 555 g/mol. The summed E-state index contributed by atoms with van der Waals surface area (Å²) in [6, 6.07) is 12.8. The zero-order chi connectivity index (χ0) is 27.4. The van der Waals surface area contributed by atoms with Crippen LogP contribution in [0.5, 0.6) is 0 Å². The van der Waals surface area contributed by atoms with Crippen molar-refractivity contribution in [3.63, 3.8) is 0 Å². The number of methoxy groups -OCH3 is 1. The van der Waals surface area contributed by atoms with Crippen LogP contribution in [-0.4, -0.2) is 59.7 Å². The highest BCUT2D eigenvalue weighted by atomic mass is 32.2. The van der Waals surface area contributed by atoms with Crippen LogP contribution in [0.2, 0.25) is 0 Å². The number of hydrogen-bond acceptors (Lipinski definition) is 9. The molecule has 0 atom stereocenters. The van der Waals surface area contributed by atoms with Crippen LogP contribution in [0.15, 0.2) is 47.4 Å². The Bertz CT molecular complexity index is 1600. The number of fused-ring (bicyclic) bond motifs is 2. The molecule has 0 aliphatic carbocycles. The van der Waals surface area contributed by atoms with E-state index in [0.717, 1.165) is 50.9 Å². The molecule has 0 fully saturated rings. The summed E-state index contributed by atoms with van der Waals surface area (Å²) in [6.45, 7) is 3.53. The number of nitrogens with one attached hydrogen (secondary N) is 4. The number of aromatic nitrogens is 1. The van der Waals surface area contributed by atoms with Gasteiger partial charge in [0.05, 0.1) is 21.7 Å². The van der Waals surface area contributed by atoms with Crippen molar-refractivity contribution in [3.8, 4) is 21.7 Å². The smallest absolute Gasteiger partial charge is 0.240 e. The number of amides is 1. The van der Waals surface area contributed by atoms with Gasteiger partial charge in [-0.25, -0.2) is 18.1 Å². The predicted octanol–water partition coefficient (Wildman–Crippen LogP) is 3.81. The summed E-state index contributed by atoms with van der Waals surface area (Å²) in [6.07, 6.45) is 1.23. The highest BCUT2D eigenvalue weighted by Crippen LogP contribution is 2.45. The monoisotopic (exact) mass is 585 g/mol. The van der Waals surface area contributed by atoms with E-state index in [-0.39, 0.29) is 10.8 Å². The molecule has 2 aromatic heterocycles. The van der Waals surface area contributed by atoms with Gasteiger partial charge < -0.3 is 20.7 Å². The zero-order valence-corrected chi connectivity index (χ0v) is 24.2. The van der Waals surface area contributed by atoms with E-state index in [1.807, 2.05) is 30.3 Å². The van der Waals surface area contributed by atoms with Gasteiger partial charge in [-0.3, -0.25) is 4.79 Å². The minimum Gasteiger partial charge on any atom is -0.383 e. The molecule has 0 radical (unpaired) electrons. The summed E-state index contributed by atoms with van der Waals surface area (Å²) in [5.41, 5.74) is 4.50. The molecule has 4 aromatic rings. The van der Waals surface area contributed by atoms with Crippen LogP contribution in [0.25, 0.3) is 31.9 Å². The minimum atomic E-state index is -3.62. The lowest BCUT2D eigenvalue weighted by molar-refractivity contribution is -0.116. The second-order valence-electron chi connectivity index (χ2n) is 9.08. The fourth-order valence-electron chi connectivity index (χ4n) is 4.59. The van der Waals surface area contributed by atoms with Crippen molar-refractivity contribution >= 4 is 53.8 Å². The topological polar surface area (TPSA) is 121 Å². The van der Waals surface area contributed by atoms with Gasteiger partial charge in [-0.15, -0.1) is 22.7 Å². The number of carbonyl (C=O) groups excluding carboxylic acids is 1. The van der Waals surface area contributed by atoms with Crippen molar-refractivity contribution < 1.29 is 17.9 Å². The Morgan fingerprint density at radius 2 is 2.00 bits per heavy atom. The van der Waals surface area contributed by atoms with Crippen molar-refractivity contribution in [2.45, 2.75) is 24.3 Å². The van der Waals surface area contributed by atoms with Gasteiger partial charge in [-0.05, 0) is 49.3 Å². The van der Waals surface area contributed by atoms with Crippen LogP contribution in [0.3, 0.4) is 0 Å². The Hall–Kier alpha value is -2.71. The van der Waals surface area contributed by atoms with Crippen molar-refractivity contribution in [3.05, 3.63) is 52.9 Å². The molecule has 3 heterocycles. The minimum absolute atomic E-state index is 0.0431. The normalized spacial score (nSPS) is 13.5. The standard InChI is InChI=1S/C27H31N5O4S3/c1-28-39(34,35)23-6-4-3-5-18(23)17-7-8-20-21(15-17)37-26(31-20)25-19-9-11-30-16-22(19)38-27(25)32-24(33)10-12-29-13-14-36-2/h3-8,15,28-30H,9-14,16H2,1-2H3,(H,32,33). The van der Waals surface area contributed by atoms with Gasteiger partial charge in [0, 0.05) is 49.2 Å². The number of thiophene rings is 1. The molecule has 12 heteroatoms. The third kappa shape index (κ3) is 6.07.